The van der Waals surface area contributed by atoms with E-state index in [1.54, 1.807) is 0 Å². The van der Waals surface area contributed by atoms with E-state index in [2.05, 4.69) is 60.3 Å². The van der Waals surface area contributed by atoms with Crippen LogP contribution in [0.1, 0.15) is 24.5 Å². The molecule has 0 unspecified atom stereocenters. The van der Waals surface area contributed by atoms with Gasteiger partial charge in [0, 0.05) is 18.9 Å². The predicted octanol–water partition coefficient (Wildman–Crippen LogP) is 3.49. The molecule has 0 aliphatic heterocycles. The topological polar surface area (TPSA) is 4.93 Å². The van der Waals surface area contributed by atoms with Crippen molar-refractivity contribution >= 4 is 0 Å². The van der Waals surface area contributed by atoms with Gasteiger partial charge in [0.2, 0.25) is 0 Å². The zero-order valence-corrected chi connectivity index (χ0v) is 9.19. The molecule has 1 aromatic heterocycles. The van der Waals surface area contributed by atoms with Gasteiger partial charge in [0.05, 0.1) is 0 Å². The molecule has 0 radical (unpaired) electrons. The average molecular weight is 199 g/mol. The quantitative estimate of drug-likeness (QED) is 0.710. The lowest BCUT2D eigenvalue weighted by molar-refractivity contribution is 0.798. The molecule has 0 atom stereocenters. The Morgan fingerprint density at radius 1 is 1.00 bits per heavy atom. The Balaban J connectivity index is 2.05. The van der Waals surface area contributed by atoms with Gasteiger partial charge in [-0.05, 0) is 23.6 Å². The summed E-state index contributed by atoms with van der Waals surface area (Å²) >= 11 is 0. The number of benzene rings is 1. The van der Waals surface area contributed by atoms with Crippen LogP contribution in [-0.2, 0) is 13.0 Å². The van der Waals surface area contributed by atoms with Crippen LogP contribution in [0.3, 0.4) is 0 Å². The first-order valence-corrected chi connectivity index (χ1v) is 5.57. The molecule has 15 heavy (non-hydrogen) atoms. The minimum atomic E-state index is 0.977. The molecule has 0 bridgehead atoms. The third-order valence-electron chi connectivity index (χ3n) is 2.56. The minimum Gasteiger partial charge on any atom is -0.350 e. The molecule has 2 rings (SSSR count). The van der Waals surface area contributed by atoms with Crippen LogP contribution in [0.25, 0.3) is 0 Å². The fourth-order valence-electron chi connectivity index (χ4n) is 1.82. The van der Waals surface area contributed by atoms with Crippen LogP contribution in [0.4, 0.5) is 0 Å². The van der Waals surface area contributed by atoms with Gasteiger partial charge < -0.3 is 4.57 Å². The lowest BCUT2D eigenvalue weighted by Gasteiger charge is -2.02. The zero-order chi connectivity index (χ0) is 10.5. The molecule has 0 aliphatic carbocycles. The van der Waals surface area contributed by atoms with E-state index in [0.717, 1.165) is 6.54 Å². The van der Waals surface area contributed by atoms with Crippen LogP contribution < -0.4 is 0 Å². The summed E-state index contributed by atoms with van der Waals surface area (Å²) < 4.78 is 2.25. The smallest absolute Gasteiger partial charge is 0.0470 e. The SMILES string of the molecule is CCCc1ccn(Cc2ccccc2)c1. The first kappa shape index (κ1) is 10.0. The Bertz CT molecular complexity index is 400. The van der Waals surface area contributed by atoms with Crippen LogP contribution in [-0.4, -0.2) is 4.57 Å². The van der Waals surface area contributed by atoms with Crippen LogP contribution in [0.5, 0.6) is 0 Å². The highest BCUT2D eigenvalue weighted by molar-refractivity contribution is 5.17. The molecule has 1 aromatic carbocycles. The van der Waals surface area contributed by atoms with Gasteiger partial charge in [-0.15, -0.1) is 0 Å². The van der Waals surface area contributed by atoms with E-state index in [-0.39, 0.29) is 0 Å². The average Bonchev–Trinajstić information content (AvgIpc) is 2.68. The Morgan fingerprint density at radius 3 is 2.53 bits per heavy atom. The molecule has 0 spiro atoms. The number of rotatable bonds is 4. The molecule has 1 heteroatoms. The van der Waals surface area contributed by atoms with Crippen LogP contribution in [0.15, 0.2) is 48.8 Å². The van der Waals surface area contributed by atoms with Crippen molar-refractivity contribution < 1.29 is 0 Å². The van der Waals surface area contributed by atoms with Gasteiger partial charge in [0.25, 0.3) is 0 Å². The van der Waals surface area contributed by atoms with E-state index in [1.807, 2.05) is 0 Å². The van der Waals surface area contributed by atoms with E-state index in [4.69, 9.17) is 0 Å². The highest BCUT2D eigenvalue weighted by Crippen LogP contribution is 2.07. The lowest BCUT2D eigenvalue weighted by Crippen LogP contribution is -1.95. The number of hydrogen-bond donors (Lipinski definition) is 0. The standard InChI is InChI=1S/C14H17N/c1-2-6-13-9-10-15(11-13)12-14-7-4-3-5-8-14/h3-5,7-11H,2,6,12H2,1H3. The summed E-state index contributed by atoms with van der Waals surface area (Å²) in [5.74, 6) is 0. The molecule has 1 heterocycles. The zero-order valence-electron chi connectivity index (χ0n) is 9.19. The maximum absolute atomic E-state index is 2.25. The number of nitrogens with zero attached hydrogens (tertiary/aromatic N) is 1. The first-order valence-electron chi connectivity index (χ1n) is 5.57. The van der Waals surface area contributed by atoms with Crippen LogP contribution in [0, 0.1) is 0 Å². The molecule has 2 aromatic rings. The maximum Gasteiger partial charge on any atom is 0.0470 e. The van der Waals surface area contributed by atoms with E-state index >= 15 is 0 Å². The van der Waals surface area contributed by atoms with E-state index < -0.39 is 0 Å². The highest BCUT2D eigenvalue weighted by Gasteiger charge is 1.96. The van der Waals surface area contributed by atoms with Crippen molar-refractivity contribution in [2.75, 3.05) is 0 Å². The van der Waals surface area contributed by atoms with Crippen molar-refractivity contribution in [1.82, 2.24) is 4.57 Å². The molecular weight excluding hydrogens is 182 g/mol. The second-order valence-corrected chi connectivity index (χ2v) is 3.93. The molecule has 0 saturated heterocycles. The Kier molecular flexibility index (Phi) is 3.23. The number of aromatic nitrogens is 1. The van der Waals surface area contributed by atoms with E-state index in [9.17, 15) is 0 Å². The Morgan fingerprint density at radius 2 is 1.80 bits per heavy atom. The normalized spacial score (nSPS) is 10.5. The van der Waals surface area contributed by atoms with Crippen molar-refractivity contribution in [2.24, 2.45) is 0 Å². The third kappa shape index (κ3) is 2.72. The summed E-state index contributed by atoms with van der Waals surface area (Å²) in [6.45, 7) is 3.19. The molecule has 0 saturated carbocycles. The summed E-state index contributed by atoms with van der Waals surface area (Å²) in [5.41, 5.74) is 2.80. The lowest BCUT2D eigenvalue weighted by atomic mass is 10.2. The maximum atomic E-state index is 2.25. The number of hydrogen-bond acceptors (Lipinski definition) is 0. The van der Waals surface area contributed by atoms with Gasteiger partial charge in [-0.3, -0.25) is 0 Å². The van der Waals surface area contributed by atoms with Gasteiger partial charge in [-0.1, -0.05) is 43.7 Å². The van der Waals surface area contributed by atoms with Crippen molar-refractivity contribution in [2.45, 2.75) is 26.3 Å². The van der Waals surface area contributed by atoms with Gasteiger partial charge >= 0.3 is 0 Å². The van der Waals surface area contributed by atoms with Gasteiger partial charge in [-0.25, -0.2) is 0 Å². The van der Waals surface area contributed by atoms with Crippen molar-refractivity contribution in [3.8, 4) is 0 Å². The summed E-state index contributed by atoms with van der Waals surface area (Å²) in [6.07, 6.45) is 6.81. The summed E-state index contributed by atoms with van der Waals surface area (Å²) in [7, 11) is 0. The molecule has 0 aliphatic rings. The van der Waals surface area contributed by atoms with E-state index in [0.29, 0.717) is 0 Å². The van der Waals surface area contributed by atoms with Crippen LogP contribution >= 0.6 is 0 Å². The Hall–Kier alpha value is -1.50. The van der Waals surface area contributed by atoms with Gasteiger partial charge in [-0.2, -0.15) is 0 Å². The molecule has 0 fully saturated rings. The highest BCUT2D eigenvalue weighted by atomic mass is 14.9. The Labute approximate surface area is 91.4 Å². The molecular formula is C14H17N. The van der Waals surface area contributed by atoms with E-state index in [1.165, 1.54) is 24.0 Å². The summed E-state index contributed by atoms with van der Waals surface area (Å²) in [6, 6.07) is 12.8. The molecule has 0 N–H and O–H groups in total. The van der Waals surface area contributed by atoms with Crippen molar-refractivity contribution in [3.05, 3.63) is 59.9 Å². The van der Waals surface area contributed by atoms with Crippen molar-refractivity contribution in [1.29, 1.82) is 0 Å². The fraction of sp³-hybridized carbons (Fsp3) is 0.286. The second kappa shape index (κ2) is 4.83. The van der Waals surface area contributed by atoms with Gasteiger partial charge in [0.1, 0.15) is 0 Å². The second-order valence-electron chi connectivity index (χ2n) is 3.93. The first-order chi connectivity index (χ1) is 7.38. The summed E-state index contributed by atoms with van der Waals surface area (Å²) in [4.78, 5) is 0. The molecule has 1 nitrogen and oxygen atoms in total. The van der Waals surface area contributed by atoms with Crippen LogP contribution in [0.2, 0.25) is 0 Å². The fourth-order valence-corrected chi connectivity index (χ4v) is 1.82. The molecule has 78 valence electrons. The van der Waals surface area contributed by atoms with Crippen molar-refractivity contribution in [3.63, 3.8) is 0 Å². The minimum absolute atomic E-state index is 0.977. The predicted molar refractivity (Wildman–Crippen MR) is 64.0 cm³/mol. The third-order valence-corrected chi connectivity index (χ3v) is 2.56. The van der Waals surface area contributed by atoms with Gasteiger partial charge in [0.15, 0.2) is 0 Å². The molecule has 0 amide bonds. The summed E-state index contributed by atoms with van der Waals surface area (Å²) in [5, 5.41) is 0. The monoisotopic (exact) mass is 199 g/mol. The largest absolute Gasteiger partial charge is 0.350 e. The number of aryl methyl sites for hydroxylation is 1.